The van der Waals surface area contributed by atoms with E-state index in [4.69, 9.17) is 4.74 Å². The summed E-state index contributed by atoms with van der Waals surface area (Å²) >= 11 is 0. The maximum atomic E-state index is 10.1. The molecule has 0 atom stereocenters. The summed E-state index contributed by atoms with van der Waals surface area (Å²) in [4.78, 5) is 10.1. The van der Waals surface area contributed by atoms with Crippen LogP contribution in [0.5, 0.6) is 0 Å². The Labute approximate surface area is 42.5 Å². The summed E-state index contributed by atoms with van der Waals surface area (Å²) in [6.07, 6.45) is 2.41. The Morgan fingerprint density at radius 1 is 1.71 bits per heavy atom. The SMILES string of the molecule is CC(=O)OC1CC1. The molecule has 1 aliphatic carbocycles. The molecule has 40 valence electrons. The molecule has 0 spiro atoms. The fourth-order valence-corrected chi connectivity index (χ4v) is 0.421. The highest BCUT2D eigenvalue weighted by molar-refractivity contribution is 5.66. The van der Waals surface area contributed by atoms with Crippen molar-refractivity contribution in [3.8, 4) is 0 Å². The van der Waals surface area contributed by atoms with Crippen LogP contribution < -0.4 is 0 Å². The summed E-state index contributed by atoms with van der Waals surface area (Å²) in [5.41, 5.74) is 0. The van der Waals surface area contributed by atoms with Crippen molar-refractivity contribution in [2.45, 2.75) is 25.9 Å². The van der Waals surface area contributed by atoms with Gasteiger partial charge in [0.2, 0.25) is 0 Å². The molecule has 1 rings (SSSR count). The quantitative estimate of drug-likeness (QED) is 0.453. The van der Waals surface area contributed by atoms with E-state index in [9.17, 15) is 4.79 Å². The van der Waals surface area contributed by atoms with Crippen LogP contribution in [0.2, 0.25) is 0 Å². The summed E-state index contributed by atoms with van der Waals surface area (Å²) in [5.74, 6) is -0.150. The van der Waals surface area contributed by atoms with Gasteiger partial charge >= 0.3 is 5.97 Å². The Bertz CT molecular complexity index is 84.1. The zero-order chi connectivity index (χ0) is 5.28. The number of hydrogen-bond donors (Lipinski definition) is 0. The molecule has 0 N–H and O–H groups in total. The van der Waals surface area contributed by atoms with E-state index >= 15 is 0 Å². The molecule has 0 radical (unpaired) electrons. The first-order chi connectivity index (χ1) is 3.29. The molecule has 1 saturated carbocycles. The first kappa shape index (κ1) is 4.62. The maximum Gasteiger partial charge on any atom is 0.302 e. The van der Waals surface area contributed by atoms with Crippen molar-refractivity contribution in [3.05, 3.63) is 0 Å². The number of esters is 1. The third-order valence-corrected chi connectivity index (χ3v) is 0.857. The molecule has 0 unspecified atom stereocenters. The predicted molar refractivity (Wildman–Crippen MR) is 24.8 cm³/mol. The molecule has 0 aromatic heterocycles. The second-order valence-corrected chi connectivity index (χ2v) is 1.81. The first-order valence-corrected chi connectivity index (χ1v) is 2.46. The van der Waals surface area contributed by atoms with Gasteiger partial charge < -0.3 is 4.74 Å². The molecule has 0 aromatic rings. The number of ether oxygens (including phenoxy) is 1. The topological polar surface area (TPSA) is 26.3 Å². The molecule has 2 nitrogen and oxygen atoms in total. The van der Waals surface area contributed by atoms with Crippen LogP contribution in [0.25, 0.3) is 0 Å². The van der Waals surface area contributed by atoms with Crippen molar-refractivity contribution in [2.24, 2.45) is 0 Å². The lowest BCUT2D eigenvalue weighted by molar-refractivity contribution is -0.142. The molecule has 0 bridgehead atoms. The van der Waals surface area contributed by atoms with Gasteiger partial charge in [-0.05, 0) is 12.8 Å². The van der Waals surface area contributed by atoms with E-state index in [-0.39, 0.29) is 12.1 Å². The van der Waals surface area contributed by atoms with Gasteiger partial charge in [-0.1, -0.05) is 0 Å². The van der Waals surface area contributed by atoms with E-state index in [2.05, 4.69) is 0 Å². The lowest BCUT2D eigenvalue weighted by atomic mass is 10.7. The molecule has 7 heavy (non-hydrogen) atoms. The second kappa shape index (κ2) is 1.52. The maximum absolute atomic E-state index is 10.1. The number of carbonyl (C=O) groups excluding carboxylic acids is 1. The van der Waals surface area contributed by atoms with E-state index in [1.165, 1.54) is 6.92 Å². The van der Waals surface area contributed by atoms with Crippen LogP contribution in [0.3, 0.4) is 0 Å². The fourth-order valence-electron chi connectivity index (χ4n) is 0.421. The lowest BCUT2D eigenvalue weighted by Crippen LogP contribution is -1.98. The minimum atomic E-state index is -0.150. The van der Waals surface area contributed by atoms with Gasteiger partial charge in [0.15, 0.2) is 0 Å². The molecule has 1 aliphatic rings. The number of carbonyl (C=O) groups is 1. The normalized spacial score (nSPS) is 19.0. The van der Waals surface area contributed by atoms with Gasteiger partial charge in [0.25, 0.3) is 0 Å². The van der Waals surface area contributed by atoms with Crippen LogP contribution in [0, 0.1) is 0 Å². The van der Waals surface area contributed by atoms with Gasteiger partial charge in [0.05, 0.1) is 0 Å². The van der Waals surface area contributed by atoms with Crippen molar-refractivity contribution >= 4 is 5.97 Å². The van der Waals surface area contributed by atoms with Crippen molar-refractivity contribution in [3.63, 3.8) is 0 Å². The summed E-state index contributed by atoms with van der Waals surface area (Å²) in [5, 5.41) is 0. The summed E-state index contributed by atoms with van der Waals surface area (Å²) in [6, 6.07) is 0. The van der Waals surface area contributed by atoms with Crippen molar-refractivity contribution in [2.75, 3.05) is 0 Å². The van der Waals surface area contributed by atoms with Crippen LogP contribution in [-0.2, 0) is 9.53 Å². The molecule has 2 heteroatoms. The van der Waals surface area contributed by atoms with Gasteiger partial charge in [-0.15, -0.1) is 0 Å². The minimum Gasteiger partial charge on any atom is -0.463 e. The van der Waals surface area contributed by atoms with Crippen molar-refractivity contribution in [1.82, 2.24) is 0 Å². The zero-order valence-corrected chi connectivity index (χ0v) is 4.31. The highest BCUT2D eigenvalue weighted by Gasteiger charge is 2.23. The average Bonchev–Trinajstić information content (AvgIpc) is 2.17. The average molecular weight is 100 g/mol. The molecular weight excluding hydrogens is 92.1 g/mol. The zero-order valence-electron chi connectivity index (χ0n) is 4.31. The smallest absolute Gasteiger partial charge is 0.302 e. The van der Waals surface area contributed by atoms with Crippen LogP contribution in [0.1, 0.15) is 19.8 Å². The van der Waals surface area contributed by atoms with E-state index < -0.39 is 0 Å². The molecular formula is C5H8O2. The van der Waals surface area contributed by atoms with Gasteiger partial charge in [-0.3, -0.25) is 4.79 Å². The Morgan fingerprint density at radius 2 is 2.29 bits per heavy atom. The van der Waals surface area contributed by atoms with Gasteiger partial charge in [-0.25, -0.2) is 0 Å². The molecule has 0 aliphatic heterocycles. The standard InChI is InChI=1S/C5H8O2/c1-4(6)7-5-2-3-5/h5H,2-3H2,1H3. The molecule has 0 amide bonds. The highest BCUT2D eigenvalue weighted by atomic mass is 16.5. The van der Waals surface area contributed by atoms with E-state index in [0.717, 1.165) is 12.8 Å². The van der Waals surface area contributed by atoms with Gasteiger partial charge in [0.1, 0.15) is 6.10 Å². The second-order valence-electron chi connectivity index (χ2n) is 1.81. The Balaban J connectivity index is 2.08. The summed E-state index contributed by atoms with van der Waals surface area (Å²) < 4.78 is 4.72. The number of hydrogen-bond acceptors (Lipinski definition) is 2. The lowest BCUT2D eigenvalue weighted by Gasteiger charge is -1.92. The van der Waals surface area contributed by atoms with Crippen LogP contribution in [0.15, 0.2) is 0 Å². The van der Waals surface area contributed by atoms with Crippen molar-refractivity contribution < 1.29 is 9.53 Å². The van der Waals surface area contributed by atoms with E-state index in [1.54, 1.807) is 0 Å². The van der Waals surface area contributed by atoms with Crippen molar-refractivity contribution in [1.29, 1.82) is 0 Å². The first-order valence-electron chi connectivity index (χ1n) is 2.46. The highest BCUT2D eigenvalue weighted by Crippen LogP contribution is 2.23. The van der Waals surface area contributed by atoms with E-state index in [1.807, 2.05) is 0 Å². The Morgan fingerprint density at radius 3 is 2.43 bits per heavy atom. The monoisotopic (exact) mass is 100 g/mol. The van der Waals surface area contributed by atoms with Crippen LogP contribution >= 0.6 is 0 Å². The largest absolute Gasteiger partial charge is 0.463 e. The van der Waals surface area contributed by atoms with Crippen LogP contribution in [-0.4, -0.2) is 12.1 Å². The minimum absolute atomic E-state index is 0.150. The molecule has 0 heterocycles. The Hall–Kier alpha value is -0.530. The summed E-state index contributed by atoms with van der Waals surface area (Å²) in [7, 11) is 0. The van der Waals surface area contributed by atoms with Gasteiger partial charge in [0, 0.05) is 6.92 Å². The fraction of sp³-hybridized carbons (Fsp3) is 0.800. The van der Waals surface area contributed by atoms with Crippen LogP contribution in [0.4, 0.5) is 0 Å². The predicted octanol–water partition coefficient (Wildman–Crippen LogP) is 0.712. The third kappa shape index (κ3) is 1.57. The van der Waals surface area contributed by atoms with Gasteiger partial charge in [-0.2, -0.15) is 0 Å². The third-order valence-electron chi connectivity index (χ3n) is 0.857. The Kier molecular flexibility index (Phi) is 1.01. The summed E-state index contributed by atoms with van der Waals surface area (Å²) in [6.45, 7) is 1.44. The number of rotatable bonds is 1. The van der Waals surface area contributed by atoms with E-state index in [0.29, 0.717) is 0 Å². The molecule has 0 saturated heterocycles. The molecule has 1 fully saturated rings. The molecule has 0 aromatic carbocycles.